The monoisotopic (exact) mass is 316 g/mol. The summed E-state index contributed by atoms with van der Waals surface area (Å²) in [5.74, 6) is 0.310. The number of alkyl carbamates (subject to hydrolysis) is 1. The molecule has 7 heteroatoms. The van der Waals surface area contributed by atoms with Gasteiger partial charge >= 0.3 is 6.09 Å². The zero-order chi connectivity index (χ0) is 16.1. The Morgan fingerprint density at radius 3 is 3.22 bits per heavy atom. The number of pyridine rings is 1. The third-order valence-electron chi connectivity index (χ3n) is 3.77. The predicted molar refractivity (Wildman–Crippen MR) is 83.6 cm³/mol. The normalized spacial score (nSPS) is 17.2. The first-order chi connectivity index (χ1) is 11.2. The van der Waals surface area contributed by atoms with Crippen LogP contribution in [0.2, 0.25) is 0 Å². The van der Waals surface area contributed by atoms with Crippen molar-refractivity contribution in [2.45, 2.75) is 13.0 Å². The SMILES string of the molecule is Cn1cc(-c2ncccc2CNC(=O)OCC2CCOC2)cn1. The molecule has 2 aromatic heterocycles. The van der Waals surface area contributed by atoms with Crippen LogP contribution in [0.1, 0.15) is 12.0 Å². The van der Waals surface area contributed by atoms with E-state index in [1.165, 1.54) is 0 Å². The number of ether oxygens (including phenoxy) is 2. The molecular formula is C16H20N4O3. The molecule has 7 nitrogen and oxygen atoms in total. The Labute approximate surface area is 134 Å². The molecule has 0 spiro atoms. The Bertz CT molecular complexity index is 665. The Morgan fingerprint density at radius 2 is 2.48 bits per heavy atom. The van der Waals surface area contributed by atoms with Gasteiger partial charge in [0.1, 0.15) is 0 Å². The quantitative estimate of drug-likeness (QED) is 0.909. The van der Waals surface area contributed by atoms with Crippen molar-refractivity contribution in [3.05, 3.63) is 36.3 Å². The predicted octanol–water partition coefficient (Wildman–Crippen LogP) is 1.74. The van der Waals surface area contributed by atoms with Crippen LogP contribution in [-0.4, -0.2) is 40.7 Å². The van der Waals surface area contributed by atoms with Crippen LogP contribution in [-0.2, 0) is 23.1 Å². The van der Waals surface area contributed by atoms with Gasteiger partial charge in [-0.25, -0.2) is 4.79 Å². The van der Waals surface area contributed by atoms with Gasteiger partial charge in [0.25, 0.3) is 0 Å². The molecule has 0 aromatic carbocycles. The van der Waals surface area contributed by atoms with E-state index in [-0.39, 0.29) is 0 Å². The summed E-state index contributed by atoms with van der Waals surface area (Å²) in [5, 5.41) is 6.93. The van der Waals surface area contributed by atoms with Crippen LogP contribution in [0, 0.1) is 5.92 Å². The number of nitrogens with zero attached hydrogens (tertiary/aromatic N) is 3. The number of aryl methyl sites for hydroxylation is 1. The molecule has 3 rings (SSSR count). The molecule has 3 heterocycles. The Morgan fingerprint density at radius 1 is 1.57 bits per heavy atom. The second kappa shape index (κ2) is 7.23. The molecule has 0 radical (unpaired) electrons. The van der Waals surface area contributed by atoms with Gasteiger partial charge in [0.2, 0.25) is 0 Å². The summed E-state index contributed by atoms with van der Waals surface area (Å²) >= 11 is 0. The third kappa shape index (κ3) is 4.07. The van der Waals surface area contributed by atoms with E-state index in [0.29, 0.717) is 25.7 Å². The molecule has 0 saturated carbocycles. The van der Waals surface area contributed by atoms with Crippen molar-refractivity contribution in [3.8, 4) is 11.3 Å². The number of aromatic nitrogens is 3. The van der Waals surface area contributed by atoms with Gasteiger partial charge in [-0.2, -0.15) is 5.10 Å². The standard InChI is InChI=1S/C16H20N4O3/c1-20-9-14(8-19-20)15-13(3-2-5-17-15)7-18-16(21)23-11-12-4-6-22-10-12/h2-3,5,8-9,12H,4,6-7,10-11H2,1H3,(H,18,21). The van der Waals surface area contributed by atoms with Gasteiger partial charge in [-0.1, -0.05) is 6.07 Å². The second-order valence-electron chi connectivity index (χ2n) is 5.60. The molecule has 1 aliphatic rings. The number of hydrogen-bond acceptors (Lipinski definition) is 5. The van der Waals surface area contributed by atoms with Crippen molar-refractivity contribution in [2.75, 3.05) is 19.8 Å². The van der Waals surface area contributed by atoms with Gasteiger partial charge in [0.05, 0.1) is 25.1 Å². The maximum absolute atomic E-state index is 11.8. The van der Waals surface area contributed by atoms with Crippen molar-refractivity contribution in [1.29, 1.82) is 0 Å². The Hall–Kier alpha value is -2.41. The smallest absolute Gasteiger partial charge is 0.407 e. The lowest BCUT2D eigenvalue weighted by molar-refractivity contribution is 0.116. The first-order valence-electron chi connectivity index (χ1n) is 7.63. The molecule has 122 valence electrons. The fourth-order valence-electron chi connectivity index (χ4n) is 2.51. The highest BCUT2D eigenvalue weighted by molar-refractivity contribution is 5.68. The highest BCUT2D eigenvalue weighted by Crippen LogP contribution is 2.20. The highest BCUT2D eigenvalue weighted by atomic mass is 16.6. The van der Waals surface area contributed by atoms with Gasteiger partial charge < -0.3 is 14.8 Å². The minimum absolute atomic E-state index is 0.310. The summed E-state index contributed by atoms with van der Waals surface area (Å²) in [7, 11) is 1.86. The molecular weight excluding hydrogens is 296 g/mol. The number of carbonyl (C=O) groups is 1. The average Bonchev–Trinajstić information content (AvgIpc) is 3.22. The summed E-state index contributed by atoms with van der Waals surface area (Å²) in [6, 6.07) is 3.78. The van der Waals surface area contributed by atoms with E-state index >= 15 is 0 Å². The van der Waals surface area contributed by atoms with Crippen LogP contribution in [0.3, 0.4) is 0 Å². The van der Waals surface area contributed by atoms with E-state index in [2.05, 4.69) is 15.4 Å². The number of nitrogens with one attached hydrogen (secondary N) is 1. The van der Waals surface area contributed by atoms with Crippen LogP contribution < -0.4 is 5.32 Å². The van der Waals surface area contributed by atoms with E-state index in [4.69, 9.17) is 9.47 Å². The zero-order valence-corrected chi connectivity index (χ0v) is 13.1. The number of amides is 1. The molecule has 0 aliphatic carbocycles. The molecule has 1 N–H and O–H groups in total. The van der Waals surface area contributed by atoms with Crippen molar-refractivity contribution in [3.63, 3.8) is 0 Å². The Kier molecular flexibility index (Phi) is 4.87. The first-order valence-corrected chi connectivity index (χ1v) is 7.63. The molecule has 23 heavy (non-hydrogen) atoms. The van der Waals surface area contributed by atoms with E-state index < -0.39 is 6.09 Å². The molecule has 2 aromatic rings. The van der Waals surface area contributed by atoms with Gasteiger partial charge in [-0.3, -0.25) is 9.67 Å². The summed E-state index contributed by atoms with van der Waals surface area (Å²) in [5.41, 5.74) is 2.65. The third-order valence-corrected chi connectivity index (χ3v) is 3.77. The van der Waals surface area contributed by atoms with E-state index in [9.17, 15) is 4.79 Å². The fraction of sp³-hybridized carbons (Fsp3) is 0.438. The van der Waals surface area contributed by atoms with Gasteiger partial charge in [0.15, 0.2) is 0 Å². The topological polar surface area (TPSA) is 78.3 Å². The van der Waals surface area contributed by atoms with Crippen LogP contribution in [0.25, 0.3) is 11.3 Å². The van der Waals surface area contributed by atoms with Gasteiger partial charge in [0, 0.05) is 44.1 Å². The first kappa shape index (κ1) is 15.5. The minimum Gasteiger partial charge on any atom is -0.449 e. The maximum Gasteiger partial charge on any atom is 0.407 e. The van der Waals surface area contributed by atoms with Crippen LogP contribution >= 0.6 is 0 Å². The lowest BCUT2D eigenvalue weighted by Crippen LogP contribution is -2.26. The molecule has 0 bridgehead atoms. The maximum atomic E-state index is 11.8. The summed E-state index contributed by atoms with van der Waals surface area (Å²) in [4.78, 5) is 16.2. The van der Waals surface area contributed by atoms with Crippen LogP contribution in [0.15, 0.2) is 30.7 Å². The minimum atomic E-state index is -0.419. The van der Waals surface area contributed by atoms with Crippen molar-refractivity contribution < 1.29 is 14.3 Å². The van der Waals surface area contributed by atoms with Crippen molar-refractivity contribution in [1.82, 2.24) is 20.1 Å². The largest absolute Gasteiger partial charge is 0.449 e. The van der Waals surface area contributed by atoms with Crippen LogP contribution in [0.4, 0.5) is 4.79 Å². The zero-order valence-electron chi connectivity index (χ0n) is 13.1. The van der Waals surface area contributed by atoms with Crippen molar-refractivity contribution in [2.24, 2.45) is 13.0 Å². The molecule has 1 aliphatic heterocycles. The van der Waals surface area contributed by atoms with Gasteiger partial charge in [-0.05, 0) is 18.1 Å². The fourth-order valence-corrected chi connectivity index (χ4v) is 2.51. The summed E-state index contributed by atoms with van der Waals surface area (Å²) in [6.45, 7) is 2.17. The van der Waals surface area contributed by atoms with Crippen LogP contribution in [0.5, 0.6) is 0 Å². The number of carbonyl (C=O) groups excluding carboxylic acids is 1. The van der Waals surface area contributed by atoms with E-state index in [0.717, 1.165) is 29.8 Å². The molecule has 1 fully saturated rings. The molecule has 1 saturated heterocycles. The van der Waals surface area contributed by atoms with E-state index in [1.54, 1.807) is 17.1 Å². The van der Waals surface area contributed by atoms with Gasteiger partial charge in [-0.15, -0.1) is 0 Å². The Balaban J connectivity index is 1.56. The molecule has 1 atom stereocenters. The lowest BCUT2D eigenvalue weighted by Gasteiger charge is -2.11. The van der Waals surface area contributed by atoms with Crippen molar-refractivity contribution >= 4 is 6.09 Å². The molecule has 1 amide bonds. The number of hydrogen-bond donors (Lipinski definition) is 1. The van der Waals surface area contributed by atoms with E-state index in [1.807, 2.05) is 25.4 Å². The molecule has 1 unspecified atom stereocenters. The summed E-state index contributed by atoms with van der Waals surface area (Å²) < 4.78 is 12.2. The number of rotatable bonds is 5. The average molecular weight is 316 g/mol. The lowest BCUT2D eigenvalue weighted by atomic mass is 10.1. The summed E-state index contributed by atoms with van der Waals surface area (Å²) in [6.07, 6.45) is 5.90. The second-order valence-corrected chi connectivity index (χ2v) is 5.60. The highest BCUT2D eigenvalue weighted by Gasteiger charge is 2.17.